The van der Waals surface area contributed by atoms with Crippen LogP contribution in [0.2, 0.25) is 0 Å². The quantitative estimate of drug-likeness (QED) is 0.731. The highest BCUT2D eigenvalue weighted by atomic mass is 16.5. The molecule has 4 nitrogen and oxygen atoms in total. The highest BCUT2D eigenvalue weighted by Crippen LogP contribution is 2.55. The van der Waals surface area contributed by atoms with E-state index in [0.29, 0.717) is 31.8 Å². The number of esters is 1. The summed E-state index contributed by atoms with van der Waals surface area (Å²) in [5.41, 5.74) is 0.0873. The molecule has 4 bridgehead atoms. The van der Waals surface area contributed by atoms with E-state index in [1.54, 1.807) is 0 Å². The SMILES string of the molecule is CC(C)COC(=O)CCCC(=O)NC12CC3CC(CC(C3)C1)C2. The Bertz CT molecular complexity index is 422. The zero-order valence-corrected chi connectivity index (χ0v) is 14.6. The van der Waals surface area contributed by atoms with Gasteiger partial charge in [0, 0.05) is 18.4 Å². The first-order chi connectivity index (χ1) is 10.9. The van der Waals surface area contributed by atoms with Gasteiger partial charge in [0.2, 0.25) is 5.91 Å². The number of hydrogen-bond donors (Lipinski definition) is 1. The van der Waals surface area contributed by atoms with E-state index in [1.807, 2.05) is 13.8 Å². The molecule has 0 saturated heterocycles. The molecule has 4 rings (SSSR count). The summed E-state index contributed by atoms with van der Waals surface area (Å²) in [5.74, 6) is 2.83. The predicted octanol–water partition coefficient (Wildman–Crippen LogP) is 3.44. The highest BCUT2D eigenvalue weighted by Gasteiger charge is 2.51. The van der Waals surface area contributed by atoms with Gasteiger partial charge in [0.15, 0.2) is 0 Å². The van der Waals surface area contributed by atoms with Gasteiger partial charge in [-0.1, -0.05) is 13.8 Å². The standard InChI is InChI=1S/C19H31NO3/c1-13(2)12-23-18(22)5-3-4-17(21)20-19-9-14-6-15(10-19)8-16(7-14)11-19/h13-16H,3-12H2,1-2H3,(H,20,21). The van der Waals surface area contributed by atoms with Gasteiger partial charge in [0.25, 0.3) is 0 Å². The summed E-state index contributed by atoms with van der Waals surface area (Å²) in [5, 5.41) is 3.36. The van der Waals surface area contributed by atoms with E-state index in [9.17, 15) is 9.59 Å². The van der Waals surface area contributed by atoms with E-state index in [1.165, 1.54) is 38.5 Å². The molecule has 23 heavy (non-hydrogen) atoms. The van der Waals surface area contributed by atoms with E-state index in [-0.39, 0.29) is 17.4 Å². The van der Waals surface area contributed by atoms with E-state index in [0.717, 1.165) is 17.8 Å². The second kappa shape index (κ2) is 6.82. The third kappa shape index (κ3) is 4.27. The number of ether oxygens (including phenoxy) is 1. The van der Waals surface area contributed by atoms with Crippen LogP contribution in [-0.2, 0) is 14.3 Å². The van der Waals surface area contributed by atoms with Crippen LogP contribution in [0.1, 0.15) is 71.6 Å². The fourth-order valence-electron chi connectivity index (χ4n) is 5.35. The Morgan fingerprint density at radius 3 is 2.13 bits per heavy atom. The van der Waals surface area contributed by atoms with Crippen LogP contribution < -0.4 is 5.32 Å². The molecule has 0 atom stereocenters. The molecule has 1 N–H and O–H groups in total. The fraction of sp³-hybridized carbons (Fsp3) is 0.895. The predicted molar refractivity (Wildman–Crippen MR) is 88.7 cm³/mol. The van der Waals surface area contributed by atoms with Crippen LogP contribution in [0.4, 0.5) is 0 Å². The molecule has 4 heteroatoms. The van der Waals surface area contributed by atoms with Crippen LogP contribution in [0.25, 0.3) is 0 Å². The van der Waals surface area contributed by atoms with E-state index in [2.05, 4.69) is 5.32 Å². The lowest BCUT2D eigenvalue weighted by Crippen LogP contribution is -2.59. The van der Waals surface area contributed by atoms with Crippen molar-refractivity contribution in [2.75, 3.05) is 6.61 Å². The van der Waals surface area contributed by atoms with Gasteiger partial charge < -0.3 is 10.1 Å². The highest BCUT2D eigenvalue weighted by molar-refractivity contribution is 5.77. The lowest BCUT2D eigenvalue weighted by Gasteiger charge is -2.56. The number of hydrogen-bond acceptors (Lipinski definition) is 3. The van der Waals surface area contributed by atoms with Gasteiger partial charge in [-0.05, 0) is 68.6 Å². The van der Waals surface area contributed by atoms with Crippen molar-refractivity contribution in [3.8, 4) is 0 Å². The van der Waals surface area contributed by atoms with Crippen molar-refractivity contribution in [3.63, 3.8) is 0 Å². The van der Waals surface area contributed by atoms with Gasteiger partial charge in [0.05, 0.1) is 6.61 Å². The number of carbonyl (C=O) groups is 2. The average molecular weight is 321 g/mol. The molecule has 0 aromatic rings. The molecule has 0 unspecified atom stereocenters. The summed E-state index contributed by atoms with van der Waals surface area (Å²) in [7, 11) is 0. The molecule has 4 fully saturated rings. The van der Waals surface area contributed by atoms with Crippen molar-refractivity contribution in [1.29, 1.82) is 0 Å². The number of rotatable bonds is 7. The van der Waals surface area contributed by atoms with Crippen LogP contribution in [0.3, 0.4) is 0 Å². The normalized spacial score (nSPS) is 34.7. The van der Waals surface area contributed by atoms with Gasteiger partial charge in [-0.2, -0.15) is 0 Å². The molecule has 4 aliphatic carbocycles. The maximum Gasteiger partial charge on any atom is 0.305 e. The second-order valence-corrected chi connectivity index (χ2v) is 8.68. The minimum Gasteiger partial charge on any atom is -0.465 e. The molecule has 0 aliphatic heterocycles. The molecule has 0 aromatic heterocycles. The lowest BCUT2D eigenvalue weighted by atomic mass is 9.53. The van der Waals surface area contributed by atoms with Crippen LogP contribution in [-0.4, -0.2) is 24.0 Å². The largest absolute Gasteiger partial charge is 0.465 e. The van der Waals surface area contributed by atoms with Gasteiger partial charge >= 0.3 is 5.97 Å². The Balaban J connectivity index is 1.39. The Morgan fingerprint density at radius 2 is 1.61 bits per heavy atom. The minimum atomic E-state index is -0.179. The zero-order valence-electron chi connectivity index (χ0n) is 14.6. The third-order valence-electron chi connectivity index (χ3n) is 5.81. The molecule has 1 amide bonds. The molecule has 4 aliphatic rings. The Hall–Kier alpha value is -1.06. The third-order valence-corrected chi connectivity index (χ3v) is 5.81. The number of amides is 1. The van der Waals surface area contributed by atoms with Crippen molar-refractivity contribution < 1.29 is 14.3 Å². The van der Waals surface area contributed by atoms with Crippen LogP contribution in [0.5, 0.6) is 0 Å². The van der Waals surface area contributed by atoms with Crippen LogP contribution >= 0.6 is 0 Å². The first-order valence-corrected chi connectivity index (χ1v) is 9.41. The number of nitrogens with one attached hydrogen (secondary N) is 1. The fourth-order valence-corrected chi connectivity index (χ4v) is 5.35. The van der Waals surface area contributed by atoms with E-state index < -0.39 is 0 Å². The molecule has 130 valence electrons. The Morgan fingerprint density at radius 1 is 1.04 bits per heavy atom. The maximum absolute atomic E-state index is 12.3. The maximum atomic E-state index is 12.3. The van der Waals surface area contributed by atoms with E-state index in [4.69, 9.17) is 4.74 Å². The zero-order chi connectivity index (χ0) is 16.4. The van der Waals surface area contributed by atoms with E-state index >= 15 is 0 Å². The van der Waals surface area contributed by atoms with Crippen molar-refractivity contribution >= 4 is 11.9 Å². The molecular weight excluding hydrogens is 290 g/mol. The van der Waals surface area contributed by atoms with Gasteiger partial charge in [-0.25, -0.2) is 0 Å². The Labute approximate surface area is 139 Å². The van der Waals surface area contributed by atoms with Crippen molar-refractivity contribution in [3.05, 3.63) is 0 Å². The van der Waals surface area contributed by atoms with Gasteiger partial charge in [0.1, 0.15) is 0 Å². The summed E-state index contributed by atoms with van der Waals surface area (Å²) in [4.78, 5) is 23.9. The summed E-state index contributed by atoms with van der Waals surface area (Å²) < 4.78 is 5.15. The lowest BCUT2D eigenvalue weighted by molar-refractivity contribution is -0.144. The molecule has 0 aromatic carbocycles. The van der Waals surface area contributed by atoms with Crippen LogP contribution in [0, 0.1) is 23.7 Å². The topological polar surface area (TPSA) is 55.4 Å². The van der Waals surface area contributed by atoms with Gasteiger partial charge in [-0.15, -0.1) is 0 Å². The summed E-state index contributed by atoms with van der Waals surface area (Å²) in [6.45, 7) is 4.51. The average Bonchev–Trinajstić information content (AvgIpc) is 2.43. The summed E-state index contributed by atoms with van der Waals surface area (Å²) >= 11 is 0. The van der Waals surface area contributed by atoms with Gasteiger partial charge in [-0.3, -0.25) is 9.59 Å². The molecule has 0 heterocycles. The molecule has 4 saturated carbocycles. The minimum absolute atomic E-state index is 0.0873. The monoisotopic (exact) mass is 321 g/mol. The first kappa shape index (κ1) is 16.8. The summed E-state index contributed by atoms with van der Waals surface area (Å²) in [6, 6.07) is 0. The van der Waals surface area contributed by atoms with Crippen molar-refractivity contribution in [1.82, 2.24) is 5.32 Å². The number of carbonyl (C=O) groups excluding carboxylic acids is 2. The first-order valence-electron chi connectivity index (χ1n) is 9.41. The summed E-state index contributed by atoms with van der Waals surface area (Å²) in [6.07, 6.45) is 9.09. The molecule has 0 spiro atoms. The smallest absolute Gasteiger partial charge is 0.305 e. The molecular formula is C19H31NO3. The van der Waals surface area contributed by atoms with Crippen molar-refractivity contribution in [2.24, 2.45) is 23.7 Å². The molecule has 0 radical (unpaired) electrons. The van der Waals surface area contributed by atoms with Crippen LogP contribution in [0.15, 0.2) is 0 Å². The van der Waals surface area contributed by atoms with Crippen molar-refractivity contribution in [2.45, 2.75) is 77.2 Å². The second-order valence-electron chi connectivity index (χ2n) is 8.68. The Kier molecular flexibility index (Phi) is 4.98.